The van der Waals surface area contributed by atoms with E-state index in [0.717, 1.165) is 17.2 Å². The zero-order valence-electron chi connectivity index (χ0n) is 14.9. The van der Waals surface area contributed by atoms with E-state index in [1.54, 1.807) is 11.6 Å². The summed E-state index contributed by atoms with van der Waals surface area (Å²) in [5, 5.41) is 4.37. The third-order valence-electron chi connectivity index (χ3n) is 3.54. The molecule has 2 rings (SSSR count). The molecule has 0 atom stereocenters. The highest BCUT2D eigenvalue weighted by Crippen LogP contribution is 2.23. The Labute approximate surface area is 144 Å². The number of aromatic nitrogens is 2. The molecule has 0 aliphatic carbocycles. The molecule has 130 valence electrons. The Morgan fingerprint density at radius 1 is 1.21 bits per heavy atom. The first-order valence-electron chi connectivity index (χ1n) is 8.28. The van der Waals surface area contributed by atoms with Crippen LogP contribution in [0.3, 0.4) is 0 Å². The molecule has 0 N–H and O–H groups in total. The smallest absolute Gasteiger partial charge is 0.359 e. The number of hydrogen-bond donors (Lipinski definition) is 0. The fourth-order valence-electron chi connectivity index (χ4n) is 2.20. The molecule has 1 aromatic heterocycles. The molecule has 0 bridgehead atoms. The van der Waals surface area contributed by atoms with E-state index >= 15 is 0 Å². The van der Waals surface area contributed by atoms with Gasteiger partial charge in [-0.15, -0.1) is 0 Å². The van der Waals surface area contributed by atoms with Crippen molar-refractivity contribution in [1.82, 2.24) is 9.78 Å². The Bertz CT molecular complexity index is 663. The van der Waals surface area contributed by atoms with Gasteiger partial charge in [-0.2, -0.15) is 5.10 Å². The number of hydrogen-bond acceptors (Lipinski definition) is 4. The van der Waals surface area contributed by atoms with Crippen molar-refractivity contribution in [2.45, 2.75) is 39.3 Å². The van der Waals surface area contributed by atoms with Crippen molar-refractivity contribution < 1.29 is 14.3 Å². The summed E-state index contributed by atoms with van der Waals surface area (Å²) in [6.07, 6.45) is 1.84. The molecule has 0 radical (unpaired) electrons. The lowest BCUT2D eigenvalue weighted by molar-refractivity contribution is 0.0511. The second-order valence-corrected chi connectivity index (χ2v) is 12.5. The van der Waals surface area contributed by atoms with Gasteiger partial charge >= 0.3 is 5.97 Å². The van der Waals surface area contributed by atoms with E-state index in [2.05, 4.69) is 24.7 Å². The summed E-state index contributed by atoms with van der Waals surface area (Å²) in [5.41, 5.74) is 2.04. The van der Waals surface area contributed by atoms with Gasteiger partial charge in [0.2, 0.25) is 0 Å². The molecule has 2 aromatic rings. The van der Waals surface area contributed by atoms with Crippen LogP contribution in [0.25, 0.3) is 11.1 Å². The molecule has 0 aliphatic heterocycles. The van der Waals surface area contributed by atoms with Gasteiger partial charge in [-0.25, -0.2) is 9.48 Å². The van der Waals surface area contributed by atoms with Crippen LogP contribution in [0.2, 0.25) is 25.7 Å². The van der Waals surface area contributed by atoms with Crippen molar-refractivity contribution in [3.8, 4) is 11.1 Å². The summed E-state index contributed by atoms with van der Waals surface area (Å²) in [6.45, 7) is 10.1. The zero-order chi connectivity index (χ0) is 17.6. The first kappa shape index (κ1) is 18.4. The number of rotatable bonds is 8. The van der Waals surface area contributed by atoms with Gasteiger partial charge in [-0.1, -0.05) is 50.0 Å². The highest BCUT2D eigenvalue weighted by molar-refractivity contribution is 6.76. The molecule has 0 spiro atoms. The lowest BCUT2D eigenvalue weighted by Crippen LogP contribution is -2.22. The van der Waals surface area contributed by atoms with Crippen LogP contribution in [0.1, 0.15) is 17.4 Å². The fourth-order valence-corrected chi connectivity index (χ4v) is 2.96. The van der Waals surface area contributed by atoms with Crippen LogP contribution in [-0.4, -0.2) is 37.0 Å². The fraction of sp³-hybridized carbons (Fsp3) is 0.444. The van der Waals surface area contributed by atoms with Crippen molar-refractivity contribution in [1.29, 1.82) is 0 Å². The first-order valence-corrected chi connectivity index (χ1v) is 12.0. The predicted molar refractivity (Wildman–Crippen MR) is 97.7 cm³/mol. The molecule has 0 fully saturated rings. The lowest BCUT2D eigenvalue weighted by atomic mass is 10.1. The van der Waals surface area contributed by atoms with Crippen LogP contribution in [0.4, 0.5) is 0 Å². The van der Waals surface area contributed by atoms with Gasteiger partial charge in [-0.05, 0) is 18.5 Å². The average molecular weight is 347 g/mol. The Kier molecular flexibility index (Phi) is 6.34. The SMILES string of the molecule is CCOC(=O)c1nn(COCC[Si](C)(C)C)cc1-c1ccccc1. The van der Waals surface area contributed by atoms with E-state index in [1.165, 1.54) is 0 Å². The van der Waals surface area contributed by atoms with E-state index in [-0.39, 0.29) is 0 Å². The summed E-state index contributed by atoms with van der Waals surface area (Å²) in [5.74, 6) is -0.405. The molecular weight excluding hydrogens is 320 g/mol. The van der Waals surface area contributed by atoms with E-state index in [0.29, 0.717) is 25.6 Å². The molecule has 0 amide bonds. The summed E-state index contributed by atoms with van der Waals surface area (Å²) >= 11 is 0. The number of benzene rings is 1. The van der Waals surface area contributed by atoms with Crippen LogP contribution in [0.15, 0.2) is 36.5 Å². The summed E-state index contributed by atoms with van der Waals surface area (Å²) in [6, 6.07) is 10.8. The second kappa shape index (κ2) is 8.26. The molecule has 6 heteroatoms. The zero-order valence-corrected chi connectivity index (χ0v) is 15.9. The number of carbonyl (C=O) groups is 1. The Morgan fingerprint density at radius 2 is 1.92 bits per heavy atom. The molecule has 1 aromatic carbocycles. The summed E-state index contributed by atoms with van der Waals surface area (Å²) < 4.78 is 12.5. The predicted octanol–water partition coefficient (Wildman–Crippen LogP) is 4.04. The largest absolute Gasteiger partial charge is 0.461 e. The highest BCUT2D eigenvalue weighted by atomic mass is 28.3. The Balaban J connectivity index is 2.14. The van der Waals surface area contributed by atoms with Crippen molar-refractivity contribution in [3.63, 3.8) is 0 Å². The third-order valence-corrected chi connectivity index (χ3v) is 5.24. The van der Waals surface area contributed by atoms with Gasteiger partial charge in [-0.3, -0.25) is 0 Å². The minimum absolute atomic E-state index is 0.326. The van der Waals surface area contributed by atoms with Crippen molar-refractivity contribution in [2.75, 3.05) is 13.2 Å². The minimum Gasteiger partial charge on any atom is -0.461 e. The minimum atomic E-state index is -1.11. The average Bonchev–Trinajstić information content (AvgIpc) is 2.96. The van der Waals surface area contributed by atoms with E-state index in [1.807, 2.05) is 36.5 Å². The third kappa shape index (κ3) is 5.32. The molecule has 1 heterocycles. The Morgan fingerprint density at radius 3 is 2.54 bits per heavy atom. The quantitative estimate of drug-likeness (QED) is 0.411. The van der Waals surface area contributed by atoms with Crippen molar-refractivity contribution in [3.05, 3.63) is 42.2 Å². The first-order chi connectivity index (χ1) is 11.4. The topological polar surface area (TPSA) is 53.3 Å². The van der Waals surface area contributed by atoms with Crippen LogP contribution in [0.5, 0.6) is 0 Å². The van der Waals surface area contributed by atoms with Crippen molar-refractivity contribution >= 4 is 14.0 Å². The van der Waals surface area contributed by atoms with Gasteiger partial charge < -0.3 is 9.47 Å². The van der Waals surface area contributed by atoms with Gasteiger partial charge in [0.25, 0.3) is 0 Å². The maximum Gasteiger partial charge on any atom is 0.359 e. The maximum absolute atomic E-state index is 12.2. The molecule has 0 saturated heterocycles. The van der Waals surface area contributed by atoms with Crippen molar-refractivity contribution in [2.24, 2.45) is 0 Å². The lowest BCUT2D eigenvalue weighted by Gasteiger charge is -2.15. The molecule has 24 heavy (non-hydrogen) atoms. The monoisotopic (exact) mass is 346 g/mol. The standard InChI is InChI=1S/C18H26N2O3Si/c1-5-23-18(21)17-16(15-9-7-6-8-10-15)13-20(19-17)14-22-11-12-24(2,3)4/h6-10,13H,5,11-12,14H2,1-4H3. The summed E-state index contributed by atoms with van der Waals surface area (Å²) in [4.78, 5) is 12.2. The maximum atomic E-state index is 12.2. The van der Waals surface area contributed by atoms with Crippen LogP contribution in [0, 0.1) is 0 Å². The van der Waals surface area contributed by atoms with E-state index in [9.17, 15) is 4.79 Å². The van der Waals surface area contributed by atoms with Gasteiger partial charge in [0, 0.05) is 26.4 Å². The van der Waals surface area contributed by atoms with Crippen LogP contribution in [-0.2, 0) is 16.2 Å². The number of nitrogens with zero attached hydrogens (tertiary/aromatic N) is 2. The molecule has 0 unspecified atom stereocenters. The highest BCUT2D eigenvalue weighted by Gasteiger charge is 2.19. The second-order valence-electron chi connectivity index (χ2n) is 6.87. The summed E-state index contributed by atoms with van der Waals surface area (Å²) in [7, 11) is -1.11. The Hall–Kier alpha value is -1.92. The molecule has 5 nitrogen and oxygen atoms in total. The molecule has 0 saturated carbocycles. The van der Waals surface area contributed by atoms with E-state index < -0.39 is 14.0 Å². The normalized spacial score (nSPS) is 11.5. The number of carbonyl (C=O) groups excluding carboxylic acids is 1. The number of esters is 1. The molecular formula is C18H26N2O3Si. The van der Waals surface area contributed by atoms with Crippen LogP contribution >= 0.6 is 0 Å². The van der Waals surface area contributed by atoms with Gasteiger partial charge in [0.1, 0.15) is 6.73 Å². The van der Waals surface area contributed by atoms with Gasteiger partial charge in [0.15, 0.2) is 5.69 Å². The molecule has 0 aliphatic rings. The van der Waals surface area contributed by atoms with Crippen LogP contribution < -0.4 is 0 Å². The number of ether oxygens (including phenoxy) is 2. The van der Waals surface area contributed by atoms with E-state index in [4.69, 9.17) is 9.47 Å². The van der Waals surface area contributed by atoms with Gasteiger partial charge in [0.05, 0.1) is 6.61 Å².